The third kappa shape index (κ3) is 4.09. The molecular formula is C26H28N2O5. The fraction of sp³-hybridized carbons (Fsp3) is 0.385. The largest absolute Gasteiger partial charge is 0.484 e. The zero-order valence-electron chi connectivity index (χ0n) is 18.6. The maximum Gasteiger partial charge on any atom is 0.336 e. The van der Waals surface area contributed by atoms with E-state index in [4.69, 9.17) is 9.47 Å². The average Bonchev–Trinajstić information content (AvgIpc) is 3.33. The molecule has 2 heterocycles. The van der Waals surface area contributed by atoms with E-state index in [9.17, 15) is 14.7 Å². The molecule has 7 nitrogen and oxygen atoms in total. The molecule has 1 aliphatic carbocycles. The number of ether oxygens (including phenoxy) is 2. The van der Waals surface area contributed by atoms with Crippen LogP contribution in [0.5, 0.6) is 5.75 Å². The second-order valence-corrected chi connectivity index (χ2v) is 8.83. The molecule has 0 saturated carbocycles. The first-order chi connectivity index (χ1) is 16.0. The Morgan fingerprint density at radius 1 is 1.15 bits per heavy atom. The molecule has 172 valence electrons. The molecule has 2 aliphatic heterocycles. The summed E-state index contributed by atoms with van der Waals surface area (Å²) in [5.41, 5.74) is 4.30. The van der Waals surface area contributed by atoms with Gasteiger partial charge in [0, 0.05) is 24.7 Å². The van der Waals surface area contributed by atoms with E-state index in [0.29, 0.717) is 43.5 Å². The van der Waals surface area contributed by atoms with Crippen molar-refractivity contribution in [1.82, 2.24) is 4.90 Å². The predicted molar refractivity (Wildman–Crippen MR) is 124 cm³/mol. The van der Waals surface area contributed by atoms with E-state index >= 15 is 0 Å². The van der Waals surface area contributed by atoms with Gasteiger partial charge < -0.3 is 24.8 Å². The Labute approximate surface area is 193 Å². The van der Waals surface area contributed by atoms with Crippen LogP contribution >= 0.6 is 0 Å². The Hall–Kier alpha value is -3.32. The van der Waals surface area contributed by atoms with E-state index in [2.05, 4.69) is 17.5 Å². The lowest BCUT2D eigenvalue weighted by atomic mass is 9.76. The highest BCUT2D eigenvalue weighted by Gasteiger charge is 2.39. The molecule has 3 atom stereocenters. The number of fused-ring (bicyclic) bond motifs is 3. The number of anilines is 1. The van der Waals surface area contributed by atoms with Crippen molar-refractivity contribution in [3.05, 3.63) is 70.8 Å². The molecule has 0 aromatic heterocycles. The Balaban J connectivity index is 1.33. The summed E-state index contributed by atoms with van der Waals surface area (Å²) in [6.07, 6.45) is 5.42. The van der Waals surface area contributed by atoms with Crippen LogP contribution in [0.1, 0.15) is 45.4 Å². The van der Waals surface area contributed by atoms with Gasteiger partial charge in [-0.1, -0.05) is 30.4 Å². The molecule has 0 bridgehead atoms. The van der Waals surface area contributed by atoms with Crippen LogP contribution in [0.2, 0.25) is 0 Å². The van der Waals surface area contributed by atoms with Gasteiger partial charge in [0.25, 0.3) is 5.91 Å². The highest BCUT2D eigenvalue weighted by atomic mass is 16.5. The van der Waals surface area contributed by atoms with Crippen LogP contribution < -0.4 is 10.1 Å². The van der Waals surface area contributed by atoms with Gasteiger partial charge in [0.2, 0.25) is 0 Å². The smallest absolute Gasteiger partial charge is 0.336 e. The molecule has 33 heavy (non-hydrogen) atoms. The Bertz CT molecular complexity index is 1090. The maximum atomic E-state index is 12.3. The molecule has 2 aromatic carbocycles. The lowest BCUT2D eigenvalue weighted by Gasteiger charge is -2.38. The van der Waals surface area contributed by atoms with E-state index in [-0.39, 0.29) is 24.5 Å². The van der Waals surface area contributed by atoms with Gasteiger partial charge in [0.1, 0.15) is 5.75 Å². The first kappa shape index (κ1) is 21.5. The number of allylic oxidation sites excluding steroid dienone is 2. The summed E-state index contributed by atoms with van der Waals surface area (Å²) in [5.74, 6) is 0.336. The number of nitrogens with zero attached hydrogens (tertiary/aromatic N) is 1. The number of hydrogen-bond donors (Lipinski definition) is 2. The Kier molecular flexibility index (Phi) is 5.81. The molecule has 0 radical (unpaired) electrons. The maximum absolute atomic E-state index is 12.3. The molecule has 1 amide bonds. The third-order valence-corrected chi connectivity index (χ3v) is 6.99. The number of morpholine rings is 1. The minimum Gasteiger partial charge on any atom is -0.484 e. The summed E-state index contributed by atoms with van der Waals surface area (Å²) in [6.45, 7) is 4.24. The summed E-state index contributed by atoms with van der Waals surface area (Å²) in [4.78, 5) is 25.7. The van der Waals surface area contributed by atoms with Gasteiger partial charge in [-0.15, -0.1) is 0 Å². The number of carbonyl (C=O) groups is 2. The molecule has 0 unspecified atom stereocenters. The van der Waals surface area contributed by atoms with Gasteiger partial charge in [-0.25, -0.2) is 4.79 Å². The fourth-order valence-electron chi connectivity index (χ4n) is 5.20. The lowest BCUT2D eigenvalue weighted by Crippen LogP contribution is -2.42. The first-order valence-electron chi connectivity index (χ1n) is 11.4. The Morgan fingerprint density at radius 2 is 1.91 bits per heavy atom. The summed E-state index contributed by atoms with van der Waals surface area (Å²) in [5, 5.41) is 13.2. The van der Waals surface area contributed by atoms with Crippen molar-refractivity contribution in [2.45, 2.75) is 25.3 Å². The summed E-state index contributed by atoms with van der Waals surface area (Å²) >= 11 is 0. The SMILES string of the molecule is Cc1c(C(=O)O)ccc2c1N[C@@H](c1ccc(OCC(=O)N3CCOCC3)cc1)[C@H]1CC=C[C@@H]21. The van der Waals surface area contributed by atoms with Gasteiger partial charge >= 0.3 is 5.97 Å². The van der Waals surface area contributed by atoms with Crippen LogP contribution in [0, 0.1) is 12.8 Å². The average molecular weight is 449 g/mol. The molecule has 1 saturated heterocycles. The zero-order chi connectivity index (χ0) is 22.9. The van der Waals surface area contributed by atoms with Gasteiger partial charge in [0.05, 0.1) is 24.8 Å². The topological polar surface area (TPSA) is 88.1 Å². The Morgan fingerprint density at radius 3 is 2.64 bits per heavy atom. The number of carboxylic acids is 1. The van der Waals surface area contributed by atoms with Gasteiger partial charge in [-0.3, -0.25) is 4.79 Å². The standard InChI is InChI=1S/C26H28N2O5/c1-16-19(26(30)31)9-10-22-20-3-2-4-21(20)25(27-24(16)22)17-5-7-18(8-6-17)33-15-23(29)28-11-13-32-14-12-28/h2-3,5-10,20-21,25,27H,4,11-15H2,1H3,(H,30,31)/t20-,21+,25+/m1/s1. The minimum absolute atomic E-state index is 0.0141. The van der Waals surface area contributed by atoms with Crippen molar-refractivity contribution in [3.8, 4) is 5.75 Å². The van der Waals surface area contributed by atoms with Crippen LogP contribution in [-0.4, -0.2) is 54.8 Å². The number of rotatable bonds is 5. The first-order valence-corrected chi connectivity index (χ1v) is 11.4. The number of nitrogens with one attached hydrogen (secondary N) is 1. The molecule has 5 rings (SSSR count). The second kappa shape index (κ2) is 8.90. The van der Waals surface area contributed by atoms with Crippen LogP contribution in [0.3, 0.4) is 0 Å². The summed E-state index contributed by atoms with van der Waals surface area (Å²) in [6, 6.07) is 11.6. The minimum atomic E-state index is -0.911. The number of hydrogen-bond acceptors (Lipinski definition) is 5. The number of aromatic carboxylic acids is 1. The fourth-order valence-corrected chi connectivity index (χ4v) is 5.20. The van der Waals surface area contributed by atoms with Crippen molar-refractivity contribution < 1.29 is 24.2 Å². The monoisotopic (exact) mass is 448 g/mol. The quantitative estimate of drug-likeness (QED) is 0.678. The molecule has 7 heteroatoms. The highest BCUT2D eigenvalue weighted by molar-refractivity contribution is 5.92. The number of benzene rings is 2. The molecule has 3 aliphatic rings. The normalized spacial score (nSPS) is 23.4. The van der Waals surface area contributed by atoms with Crippen molar-refractivity contribution in [3.63, 3.8) is 0 Å². The molecule has 0 spiro atoms. The number of carbonyl (C=O) groups excluding carboxylic acids is 1. The lowest BCUT2D eigenvalue weighted by molar-refractivity contribution is -0.137. The van der Waals surface area contributed by atoms with Crippen LogP contribution in [0.25, 0.3) is 0 Å². The van der Waals surface area contributed by atoms with Gasteiger partial charge in [-0.2, -0.15) is 0 Å². The van der Waals surface area contributed by atoms with Crippen molar-refractivity contribution in [2.75, 3.05) is 38.2 Å². The van der Waals surface area contributed by atoms with Crippen LogP contribution in [0.4, 0.5) is 5.69 Å². The molecule has 2 aromatic rings. The van der Waals surface area contributed by atoms with E-state index in [1.807, 2.05) is 37.3 Å². The number of amides is 1. The highest BCUT2D eigenvalue weighted by Crippen LogP contribution is 2.51. The summed E-state index contributed by atoms with van der Waals surface area (Å²) < 4.78 is 11.0. The van der Waals surface area contributed by atoms with Crippen molar-refractivity contribution >= 4 is 17.6 Å². The van der Waals surface area contributed by atoms with E-state index in [1.54, 1.807) is 11.0 Å². The van der Waals surface area contributed by atoms with E-state index in [1.165, 1.54) is 0 Å². The van der Waals surface area contributed by atoms with E-state index in [0.717, 1.165) is 28.8 Å². The van der Waals surface area contributed by atoms with Crippen LogP contribution in [-0.2, 0) is 9.53 Å². The van der Waals surface area contributed by atoms with Crippen molar-refractivity contribution in [1.29, 1.82) is 0 Å². The van der Waals surface area contributed by atoms with Crippen molar-refractivity contribution in [2.24, 2.45) is 5.92 Å². The molecule has 1 fully saturated rings. The van der Waals surface area contributed by atoms with Gasteiger partial charge in [0.15, 0.2) is 6.61 Å². The van der Waals surface area contributed by atoms with E-state index < -0.39 is 5.97 Å². The van der Waals surface area contributed by atoms with Crippen LogP contribution in [0.15, 0.2) is 48.6 Å². The van der Waals surface area contributed by atoms with Gasteiger partial charge in [-0.05, 0) is 54.2 Å². The second-order valence-electron chi connectivity index (χ2n) is 8.83. The molecule has 2 N–H and O–H groups in total. The molecular weight excluding hydrogens is 420 g/mol. The third-order valence-electron chi connectivity index (χ3n) is 6.99. The summed E-state index contributed by atoms with van der Waals surface area (Å²) in [7, 11) is 0. The predicted octanol–water partition coefficient (Wildman–Crippen LogP) is 3.76. The number of carboxylic acid groups (broad SMARTS) is 1. The zero-order valence-corrected chi connectivity index (χ0v) is 18.6.